The average molecular weight is 477 g/mol. The number of allylic oxidation sites excluding steroid dienone is 2. The van der Waals surface area contributed by atoms with E-state index in [9.17, 15) is 9.59 Å². The molecule has 0 saturated heterocycles. The summed E-state index contributed by atoms with van der Waals surface area (Å²) in [7, 11) is 0. The number of carbonyl (C=O) groups is 2. The van der Waals surface area contributed by atoms with Crippen LogP contribution in [0.2, 0.25) is 0 Å². The quantitative estimate of drug-likeness (QED) is 0.518. The average Bonchev–Trinajstić information content (AvgIpc) is 3.16. The van der Waals surface area contributed by atoms with Gasteiger partial charge in [-0.05, 0) is 47.2 Å². The monoisotopic (exact) mass is 476 g/mol. The van der Waals surface area contributed by atoms with Crippen LogP contribution in [0.5, 0.6) is 0 Å². The van der Waals surface area contributed by atoms with Crippen molar-refractivity contribution in [3.63, 3.8) is 0 Å². The van der Waals surface area contributed by atoms with Gasteiger partial charge in [-0.15, -0.1) is 0 Å². The molecule has 1 atom stereocenters. The number of hydrogen-bond acceptors (Lipinski definition) is 4. The summed E-state index contributed by atoms with van der Waals surface area (Å²) < 4.78 is 0. The largest absolute Gasteiger partial charge is 0.369 e. The van der Waals surface area contributed by atoms with Crippen LogP contribution in [0.25, 0.3) is 0 Å². The van der Waals surface area contributed by atoms with Gasteiger partial charge in [-0.3, -0.25) is 14.5 Å². The molecule has 1 aliphatic heterocycles. The molecule has 36 heavy (non-hydrogen) atoms. The molecule has 6 nitrogen and oxygen atoms in total. The predicted molar refractivity (Wildman–Crippen MR) is 142 cm³/mol. The number of carbonyl (C=O) groups excluding carboxylic acids is 2. The first kappa shape index (κ1) is 23.3. The molecule has 2 aliphatic rings. The second-order valence-electron chi connectivity index (χ2n) is 8.99. The summed E-state index contributed by atoms with van der Waals surface area (Å²) in [5, 5.41) is 2.95. The standard InChI is InChI=1S/C30H28N4O2/c31-29-33-30(24-14-6-2-7-15-24,25-16-8-3-9-17-25)28(36)34(29)21-23-13-10-18-26(19-23)32-27(35)20-22-11-4-1-5-12-22/h1-2,4-8,10-19H,3,9,20-21H2,(H2,31,33)(H,32,35). The van der Waals surface area contributed by atoms with Crippen LogP contribution in [-0.2, 0) is 28.1 Å². The second kappa shape index (κ2) is 10.0. The Kier molecular flexibility index (Phi) is 6.50. The first-order chi connectivity index (χ1) is 17.6. The number of rotatable bonds is 7. The molecule has 1 heterocycles. The van der Waals surface area contributed by atoms with Gasteiger partial charge in [0.15, 0.2) is 11.5 Å². The van der Waals surface area contributed by atoms with Crippen molar-refractivity contribution in [1.82, 2.24) is 4.90 Å². The van der Waals surface area contributed by atoms with Crippen molar-refractivity contribution < 1.29 is 9.59 Å². The van der Waals surface area contributed by atoms with Gasteiger partial charge in [0.2, 0.25) is 5.91 Å². The number of aliphatic imine (C=N–C) groups is 1. The fourth-order valence-electron chi connectivity index (χ4n) is 4.75. The highest BCUT2D eigenvalue weighted by Gasteiger charge is 2.51. The van der Waals surface area contributed by atoms with Gasteiger partial charge >= 0.3 is 0 Å². The van der Waals surface area contributed by atoms with Gasteiger partial charge in [0.05, 0.1) is 13.0 Å². The van der Waals surface area contributed by atoms with Crippen molar-refractivity contribution in [2.75, 3.05) is 5.32 Å². The summed E-state index contributed by atoms with van der Waals surface area (Å²) in [5.41, 5.74) is 9.28. The highest BCUT2D eigenvalue weighted by Crippen LogP contribution is 2.42. The molecule has 6 heteroatoms. The van der Waals surface area contributed by atoms with Crippen LogP contribution in [0.4, 0.5) is 5.69 Å². The number of anilines is 1. The van der Waals surface area contributed by atoms with E-state index in [-0.39, 0.29) is 30.7 Å². The van der Waals surface area contributed by atoms with Crippen molar-refractivity contribution in [1.29, 1.82) is 0 Å². The molecule has 1 aliphatic carbocycles. The zero-order valence-electron chi connectivity index (χ0n) is 19.9. The molecule has 3 aromatic rings. The van der Waals surface area contributed by atoms with Crippen molar-refractivity contribution in [3.05, 3.63) is 125 Å². The number of nitrogens with two attached hydrogens (primary N) is 1. The first-order valence-corrected chi connectivity index (χ1v) is 12.1. The van der Waals surface area contributed by atoms with Crippen LogP contribution in [-0.4, -0.2) is 22.7 Å². The number of guanidine groups is 1. The Hall–Kier alpha value is -4.45. The highest BCUT2D eigenvalue weighted by molar-refractivity contribution is 6.09. The van der Waals surface area contributed by atoms with E-state index in [0.29, 0.717) is 5.69 Å². The lowest BCUT2D eigenvalue weighted by atomic mass is 9.80. The van der Waals surface area contributed by atoms with Crippen molar-refractivity contribution in [3.8, 4) is 0 Å². The van der Waals surface area contributed by atoms with E-state index < -0.39 is 5.54 Å². The van der Waals surface area contributed by atoms with Crippen LogP contribution in [0, 0.1) is 0 Å². The molecule has 0 spiro atoms. The van der Waals surface area contributed by atoms with Gasteiger partial charge in [0.25, 0.3) is 5.91 Å². The van der Waals surface area contributed by atoms with Gasteiger partial charge < -0.3 is 11.1 Å². The molecule has 0 aromatic heterocycles. The second-order valence-corrected chi connectivity index (χ2v) is 8.99. The molecule has 1 unspecified atom stereocenters. The topological polar surface area (TPSA) is 87.8 Å². The van der Waals surface area contributed by atoms with E-state index in [0.717, 1.165) is 35.1 Å². The summed E-state index contributed by atoms with van der Waals surface area (Å²) in [6.07, 6.45) is 8.22. The molecule has 0 bridgehead atoms. The van der Waals surface area contributed by atoms with Crippen LogP contribution in [0.1, 0.15) is 29.5 Å². The predicted octanol–water partition coefficient (Wildman–Crippen LogP) is 4.70. The van der Waals surface area contributed by atoms with Gasteiger partial charge in [-0.2, -0.15) is 0 Å². The van der Waals surface area contributed by atoms with Crippen LogP contribution < -0.4 is 11.1 Å². The van der Waals surface area contributed by atoms with Gasteiger partial charge in [0.1, 0.15) is 0 Å². The Labute approximate surface area is 210 Å². The third-order valence-corrected chi connectivity index (χ3v) is 6.48. The lowest BCUT2D eigenvalue weighted by Crippen LogP contribution is -2.43. The zero-order chi connectivity index (χ0) is 25.0. The van der Waals surface area contributed by atoms with Crippen molar-refractivity contribution >= 4 is 23.5 Å². The Morgan fingerprint density at radius 2 is 1.67 bits per heavy atom. The van der Waals surface area contributed by atoms with Gasteiger partial charge in [-0.25, -0.2) is 4.99 Å². The number of hydrogen-bond donors (Lipinski definition) is 2. The molecule has 0 radical (unpaired) electrons. The fourth-order valence-corrected chi connectivity index (χ4v) is 4.75. The van der Waals surface area contributed by atoms with Crippen LogP contribution in [0.15, 0.2) is 114 Å². The minimum atomic E-state index is -1.19. The molecule has 0 fully saturated rings. The number of benzene rings is 3. The zero-order valence-corrected chi connectivity index (χ0v) is 19.9. The summed E-state index contributed by atoms with van der Waals surface area (Å²) >= 11 is 0. The SMILES string of the molecule is NC1=NC(C2=CCCC=C2)(c2ccccc2)C(=O)N1Cc1cccc(NC(=O)Cc2ccccc2)c1. The van der Waals surface area contributed by atoms with Crippen LogP contribution >= 0.6 is 0 Å². The third-order valence-electron chi connectivity index (χ3n) is 6.48. The maximum atomic E-state index is 14.0. The Morgan fingerprint density at radius 3 is 2.39 bits per heavy atom. The maximum absolute atomic E-state index is 14.0. The van der Waals surface area contributed by atoms with Crippen molar-refractivity contribution in [2.45, 2.75) is 31.3 Å². The molecular formula is C30H28N4O2. The highest BCUT2D eigenvalue weighted by atomic mass is 16.2. The molecule has 0 saturated carbocycles. The normalized spacial score (nSPS) is 19.1. The van der Waals surface area contributed by atoms with E-state index in [1.807, 2.05) is 91.0 Å². The Balaban J connectivity index is 1.37. The first-order valence-electron chi connectivity index (χ1n) is 12.1. The lowest BCUT2D eigenvalue weighted by Gasteiger charge is -2.29. The number of nitrogens with one attached hydrogen (secondary N) is 1. The molecule has 2 amide bonds. The molecular weight excluding hydrogens is 448 g/mol. The van der Waals surface area contributed by atoms with E-state index in [1.54, 1.807) is 0 Å². The smallest absolute Gasteiger partial charge is 0.266 e. The van der Waals surface area contributed by atoms with E-state index >= 15 is 0 Å². The summed E-state index contributed by atoms with van der Waals surface area (Å²) in [6, 6.07) is 26.7. The summed E-state index contributed by atoms with van der Waals surface area (Å²) in [6.45, 7) is 0.252. The fraction of sp³-hybridized carbons (Fsp3) is 0.167. The lowest BCUT2D eigenvalue weighted by molar-refractivity contribution is -0.130. The van der Waals surface area contributed by atoms with E-state index in [1.165, 1.54) is 4.90 Å². The minimum absolute atomic E-state index is 0.101. The molecule has 5 rings (SSSR count). The summed E-state index contributed by atoms with van der Waals surface area (Å²) in [4.78, 5) is 32.8. The van der Waals surface area contributed by atoms with Crippen LogP contribution in [0.3, 0.4) is 0 Å². The number of nitrogens with zero attached hydrogens (tertiary/aromatic N) is 2. The Morgan fingerprint density at radius 1 is 0.944 bits per heavy atom. The summed E-state index contributed by atoms with van der Waals surface area (Å²) in [5.74, 6) is -0.0967. The molecule has 3 N–H and O–H groups in total. The third kappa shape index (κ3) is 4.58. The molecule has 3 aromatic carbocycles. The van der Waals surface area contributed by atoms with E-state index in [2.05, 4.69) is 17.5 Å². The van der Waals surface area contributed by atoms with E-state index in [4.69, 9.17) is 10.7 Å². The van der Waals surface area contributed by atoms with Crippen molar-refractivity contribution in [2.24, 2.45) is 10.7 Å². The molecule has 180 valence electrons. The Bertz CT molecular complexity index is 1360. The van der Waals surface area contributed by atoms with Gasteiger partial charge in [-0.1, -0.05) is 91.0 Å². The van der Waals surface area contributed by atoms with Gasteiger partial charge in [0, 0.05) is 5.69 Å². The maximum Gasteiger partial charge on any atom is 0.266 e. The number of amides is 2. The minimum Gasteiger partial charge on any atom is -0.369 e.